The van der Waals surface area contributed by atoms with Crippen molar-refractivity contribution in [1.82, 2.24) is 0 Å². The standard InChI is InChI=1S/C8H19OP/c1-7(2)10-6-9-8(3,4)5/h7,10H,6H2,1-5H3. The van der Waals surface area contributed by atoms with Crippen LogP contribution in [-0.2, 0) is 4.74 Å². The highest BCUT2D eigenvalue weighted by Crippen LogP contribution is 2.20. The quantitative estimate of drug-likeness (QED) is 0.580. The predicted octanol–water partition coefficient (Wildman–Crippen LogP) is 2.85. The van der Waals surface area contributed by atoms with Gasteiger partial charge in [-0.05, 0) is 26.4 Å². The molecule has 0 spiro atoms. The number of rotatable bonds is 3. The van der Waals surface area contributed by atoms with Crippen LogP contribution in [0.3, 0.4) is 0 Å². The summed E-state index contributed by atoms with van der Waals surface area (Å²) in [6, 6.07) is 0. The van der Waals surface area contributed by atoms with Crippen molar-refractivity contribution in [2.75, 3.05) is 6.35 Å². The minimum Gasteiger partial charge on any atom is -0.372 e. The second kappa shape index (κ2) is 4.31. The van der Waals surface area contributed by atoms with Crippen molar-refractivity contribution < 1.29 is 4.74 Å². The Bertz CT molecular complexity index is 83.7. The van der Waals surface area contributed by atoms with Crippen LogP contribution in [0.5, 0.6) is 0 Å². The molecule has 0 rings (SSSR count). The molecule has 0 bridgehead atoms. The van der Waals surface area contributed by atoms with Gasteiger partial charge in [0.15, 0.2) is 0 Å². The summed E-state index contributed by atoms with van der Waals surface area (Å²) in [5.74, 6) is 0. The van der Waals surface area contributed by atoms with Crippen molar-refractivity contribution in [3.05, 3.63) is 0 Å². The SMILES string of the molecule is CC(C)PCOC(C)(C)C. The van der Waals surface area contributed by atoms with Crippen molar-refractivity contribution in [2.45, 2.75) is 45.9 Å². The molecule has 10 heavy (non-hydrogen) atoms. The molecule has 2 heteroatoms. The van der Waals surface area contributed by atoms with Crippen molar-refractivity contribution in [2.24, 2.45) is 0 Å². The van der Waals surface area contributed by atoms with Crippen molar-refractivity contribution >= 4 is 8.58 Å². The van der Waals surface area contributed by atoms with E-state index in [1.165, 1.54) is 0 Å². The van der Waals surface area contributed by atoms with Crippen LogP contribution in [0, 0.1) is 0 Å². The van der Waals surface area contributed by atoms with Gasteiger partial charge in [0.1, 0.15) is 0 Å². The van der Waals surface area contributed by atoms with Gasteiger partial charge in [0, 0.05) is 0 Å². The van der Waals surface area contributed by atoms with Crippen LogP contribution in [0.25, 0.3) is 0 Å². The topological polar surface area (TPSA) is 9.23 Å². The second-order valence-electron chi connectivity index (χ2n) is 3.76. The first kappa shape index (κ1) is 10.4. The normalized spacial score (nSPS) is 13.8. The van der Waals surface area contributed by atoms with E-state index in [-0.39, 0.29) is 5.60 Å². The van der Waals surface area contributed by atoms with Crippen molar-refractivity contribution in [3.8, 4) is 0 Å². The van der Waals surface area contributed by atoms with E-state index in [2.05, 4.69) is 34.6 Å². The van der Waals surface area contributed by atoms with Gasteiger partial charge >= 0.3 is 0 Å². The van der Waals surface area contributed by atoms with Gasteiger partial charge in [-0.15, -0.1) is 0 Å². The molecule has 0 aliphatic carbocycles. The first-order valence-corrected chi connectivity index (χ1v) is 5.07. The summed E-state index contributed by atoms with van der Waals surface area (Å²) in [5.41, 5.74) is 0.823. The lowest BCUT2D eigenvalue weighted by Gasteiger charge is -2.19. The molecular formula is C8H19OP. The molecule has 1 atom stereocenters. The van der Waals surface area contributed by atoms with Crippen LogP contribution in [0.2, 0.25) is 0 Å². The molecule has 0 saturated carbocycles. The van der Waals surface area contributed by atoms with E-state index < -0.39 is 0 Å². The van der Waals surface area contributed by atoms with Gasteiger partial charge in [0.05, 0.1) is 11.9 Å². The predicted molar refractivity (Wildman–Crippen MR) is 49.2 cm³/mol. The zero-order chi connectivity index (χ0) is 8.20. The molecule has 62 valence electrons. The van der Waals surface area contributed by atoms with Crippen LogP contribution in [0.4, 0.5) is 0 Å². The first-order chi connectivity index (χ1) is 4.42. The van der Waals surface area contributed by atoms with E-state index in [1.54, 1.807) is 0 Å². The van der Waals surface area contributed by atoms with Gasteiger partial charge in [0.25, 0.3) is 0 Å². The molecule has 0 aromatic carbocycles. The minimum absolute atomic E-state index is 0.0435. The Morgan fingerprint density at radius 3 is 2.10 bits per heavy atom. The largest absolute Gasteiger partial charge is 0.372 e. The summed E-state index contributed by atoms with van der Waals surface area (Å²) in [5, 5.41) is 0. The Morgan fingerprint density at radius 2 is 1.80 bits per heavy atom. The highest BCUT2D eigenvalue weighted by molar-refractivity contribution is 7.38. The number of hydrogen-bond acceptors (Lipinski definition) is 1. The zero-order valence-corrected chi connectivity index (χ0v) is 8.69. The van der Waals surface area contributed by atoms with Crippen molar-refractivity contribution in [3.63, 3.8) is 0 Å². The third-order valence-corrected chi connectivity index (χ3v) is 2.12. The number of ether oxygens (including phenoxy) is 1. The Labute approximate surface area is 66.3 Å². The monoisotopic (exact) mass is 162 g/mol. The third kappa shape index (κ3) is 8.39. The molecule has 0 aliphatic heterocycles. The lowest BCUT2D eigenvalue weighted by Crippen LogP contribution is -2.18. The van der Waals surface area contributed by atoms with Crippen LogP contribution in [0.15, 0.2) is 0 Å². The fourth-order valence-corrected chi connectivity index (χ4v) is 1.27. The summed E-state index contributed by atoms with van der Waals surface area (Å²) in [6.45, 7) is 10.7. The Balaban J connectivity index is 3.21. The van der Waals surface area contributed by atoms with E-state index in [0.717, 1.165) is 20.6 Å². The maximum Gasteiger partial charge on any atom is 0.0640 e. The fourth-order valence-electron chi connectivity index (χ4n) is 0.425. The second-order valence-corrected chi connectivity index (χ2v) is 5.61. The molecular weight excluding hydrogens is 143 g/mol. The van der Waals surface area contributed by atoms with Gasteiger partial charge in [-0.1, -0.05) is 22.4 Å². The Hall–Kier alpha value is 0.390. The Kier molecular flexibility index (Phi) is 4.47. The molecule has 0 radical (unpaired) electrons. The zero-order valence-electron chi connectivity index (χ0n) is 7.69. The molecule has 0 aliphatic rings. The summed E-state index contributed by atoms with van der Waals surface area (Å²) in [4.78, 5) is 0. The van der Waals surface area contributed by atoms with Gasteiger partial charge < -0.3 is 4.74 Å². The molecule has 0 aromatic heterocycles. The smallest absolute Gasteiger partial charge is 0.0640 e. The van der Waals surface area contributed by atoms with Gasteiger partial charge in [-0.2, -0.15) is 0 Å². The van der Waals surface area contributed by atoms with Crippen LogP contribution >= 0.6 is 8.58 Å². The highest BCUT2D eigenvalue weighted by Gasteiger charge is 2.09. The summed E-state index contributed by atoms with van der Waals surface area (Å²) in [6.07, 6.45) is 0.918. The minimum atomic E-state index is 0.0435. The fraction of sp³-hybridized carbons (Fsp3) is 1.00. The molecule has 0 saturated heterocycles. The van der Waals surface area contributed by atoms with E-state index in [0.29, 0.717) is 0 Å². The molecule has 0 N–H and O–H groups in total. The van der Waals surface area contributed by atoms with Crippen LogP contribution in [-0.4, -0.2) is 17.6 Å². The van der Waals surface area contributed by atoms with Crippen molar-refractivity contribution in [1.29, 1.82) is 0 Å². The molecule has 0 amide bonds. The molecule has 0 heterocycles. The van der Waals surface area contributed by atoms with Gasteiger partial charge in [-0.3, -0.25) is 0 Å². The van der Waals surface area contributed by atoms with E-state index >= 15 is 0 Å². The van der Waals surface area contributed by atoms with Gasteiger partial charge in [-0.25, -0.2) is 0 Å². The number of hydrogen-bond donors (Lipinski definition) is 0. The first-order valence-electron chi connectivity index (χ1n) is 3.79. The maximum atomic E-state index is 5.55. The average molecular weight is 162 g/mol. The average Bonchev–Trinajstić information content (AvgIpc) is 1.59. The van der Waals surface area contributed by atoms with Crippen LogP contribution < -0.4 is 0 Å². The molecule has 1 unspecified atom stereocenters. The Morgan fingerprint density at radius 1 is 1.30 bits per heavy atom. The van der Waals surface area contributed by atoms with Crippen LogP contribution in [0.1, 0.15) is 34.6 Å². The summed E-state index contributed by atoms with van der Waals surface area (Å²) >= 11 is 0. The van der Waals surface area contributed by atoms with E-state index in [4.69, 9.17) is 4.74 Å². The lowest BCUT2D eigenvalue weighted by atomic mass is 10.2. The maximum absolute atomic E-state index is 5.55. The summed E-state index contributed by atoms with van der Waals surface area (Å²) in [7, 11) is 0.940. The summed E-state index contributed by atoms with van der Waals surface area (Å²) < 4.78 is 5.55. The molecule has 0 fully saturated rings. The van der Waals surface area contributed by atoms with E-state index in [9.17, 15) is 0 Å². The van der Waals surface area contributed by atoms with Gasteiger partial charge in [0.2, 0.25) is 0 Å². The lowest BCUT2D eigenvalue weighted by molar-refractivity contribution is 0.0274. The highest BCUT2D eigenvalue weighted by atomic mass is 31.1. The molecule has 0 aromatic rings. The molecule has 1 nitrogen and oxygen atoms in total. The third-order valence-electron chi connectivity index (χ3n) is 0.997. The van der Waals surface area contributed by atoms with E-state index in [1.807, 2.05) is 0 Å².